The van der Waals surface area contributed by atoms with Crippen LogP contribution in [0.15, 0.2) is 70.4 Å². The topological polar surface area (TPSA) is 51.2 Å². The number of rotatable bonds is 9. The number of carbonyl (C=O) groups excluding carboxylic acids is 1. The van der Waals surface area contributed by atoms with Crippen LogP contribution in [0.4, 0.5) is 0 Å². The Morgan fingerprint density at radius 1 is 1.12 bits per heavy atom. The van der Waals surface area contributed by atoms with E-state index in [0.717, 1.165) is 23.6 Å². The fourth-order valence-corrected chi connectivity index (χ4v) is 3.67. The highest BCUT2D eigenvalue weighted by Gasteiger charge is 2.05. The molecular weight excluding hydrogens is 364 g/mol. The highest BCUT2D eigenvalue weighted by molar-refractivity contribution is 7.99. The summed E-state index contributed by atoms with van der Waals surface area (Å²) in [6, 6.07) is 17.5. The fraction of sp³-hybridized carbons (Fsp3) is 0.200. The van der Waals surface area contributed by atoms with Crippen LogP contribution in [0, 0.1) is 0 Å². The van der Waals surface area contributed by atoms with Crippen molar-refractivity contribution in [3.05, 3.63) is 76.7 Å². The quantitative estimate of drug-likeness (QED) is 0.431. The van der Waals surface area contributed by atoms with Gasteiger partial charge < -0.3 is 10.1 Å². The van der Waals surface area contributed by atoms with Gasteiger partial charge in [-0.15, -0.1) is 23.1 Å². The predicted molar refractivity (Wildman–Crippen MR) is 107 cm³/mol. The first-order chi connectivity index (χ1) is 12.8. The first kappa shape index (κ1) is 18.5. The van der Waals surface area contributed by atoms with Crippen LogP contribution in [0.2, 0.25) is 0 Å². The number of hydrogen-bond donors (Lipinski definition) is 1. The predicted octanol–water partition coefficient (Wildman–Crippen LogP) is 4.63. The lowest BCUT2D eigenvalue weighted by atomic mass is 10.2. The summed E-state index contributed by atoms with van der Waals surface area (Å²) in [4.78, 5) is 17.6. The zero-order chi connectivity index (χ0) is 18.0. The van der Waals surface area contributed by atoms with E-state index in [2.05, 4.69) is 22.4 Å². The third kappa shape index (κ3) is 5.89. The number of nitrogens with zero attached hydrogens (tertiary/aromatic N) is 1. The average molecular weight is 385 g/mol. The van der Waals surface area contributed by atoms with Crippen molar-refractivity contribution in [3.8, 4) is 5.75 Å². The molecule has 0 bridgehead atoms. The summed E-state index contributed by atoms with van der Waals surface area (Å²) in [7, 11) is 0. The van der Waals surface area contributed by atoms with E-state index in [-0.39, 0.29) is 5.91 Å². The molecule has 0 fully saturated rings. The van der Waals surface area contributed by atoms with Crippen molar-refractivity contribution in [1.82, 2.24) is 10.3 Å². The third-order valence-corrected chi connectivity index (χ3v) is 5.34. The van der Waals surface area contributed by atoms with Crippen molar-refractivity contribution in [2.24, 2.45) is 0 Å². The Balaban J connectivity index is 1.36. The highest BCUT2D eigenvalue weighted by Crippen LogP contribution is 2.17. The molecule has 26 heavy (non-hydrogen) atoms. The minimum absolute atomic E-state index is 0.0548. The van der Waals surface area contributed by atoms with Gasteiger partial charge in [0.25, 0.3) is 5.91 Å². The van der Waals surface area contributed by atoms with Gasteiger partial charge in [0.15, 0.2) is 0 Å². The first-order valence-electron chi connectivity index (χ1n) is 8.37. The van der Waals surface area contributed by atoms with E-state index in [1.165, 1.54) is 4.90 Å². The zero-order valence-corrected chi connectivity index (χ0v) is 15.9. The van der Waals surface area contributed by atoms with E-state index in [1.54, 1.807) is 40.7 Å². The monoisotopic (exact) mass is 384 g/mol. The maximum Gasteiger partial charge on any atom is 0.251 e. The molecule has 4 nitrogen and oxygen atoms in total. The molecule has 0 spiro atoms. The van der Waals surface area contributed by atoms with Crippen molar-refractivity contribution < 1.29 is 9.53 Å². The van der Waals surface area contributed by atoms with Crippen LogP contribution in [0.1, 0.15) is 22.5 Å². The summed E-state index contributed by atoms with van der Waals surface area (Å²) >= 11 is 3.35. The van der Waals surface area contributed by atoms with E-state index < -0.39 is 0 Å². The molecule has 1 heterocycles. The number of aromatic nitrogens is 1. The van der Waals surface area contributed by atoms with Crippen LogP contribution in [0.5, 0.6) is 5.75 Å². The molecular formula is C20H20N2O2S2. The summed E-state index contributed by atoms with van der Waals surface area (Å²) < 4.78 is 5.65. The van der Waals surface area contributed by atoms with Crippen molar-refractivity contribution in [2.45, 2.75) is 17.9 Å². The van der Waals surface area contributed by atoms with E-state index in [0.29, 0.717) is 18.7 Å². The lowest BCUT2D eigenvalue weighted by Crippen LogP contribution is -2.24. The number of benzene rings is 2. The summed E-state index contributed by atoms with van der Waals surface area (Å²) in [5.74, 6) is 1.66. The van der Waals surface area contributed by atoms with Crippen LogP contribution < -0.4 is 10.1 Å². The van der Waals surface area contributed by atoms with Crippen LogP contribution in [0.25, 0.3) is 0 Å². The van der Waals surface area contributed by atoms with Gasteiger partial charge in [0.05, 0.1) is 11.2 Å². The normalized spacial score (nSPS) is 10.5. The van der Waals surface area contributed by atoms with Crippen molar-refractivity contribution in [3.63, 3.8) is 0 Å². The standard InChI is InChI=1S/C20H20N2O2S2/c23-20(21-11-4-12-26-19-5-2-1-3-6-19)16-7-9-18(10-8-16)24-13-17-14-25-15-22-17/h1-3,5-10,14-15H,4,11-13H2,(H,21,23). The molecule has 1 amide bonds. The Morgan fingerprint density at radius 3 is 2.65 bits per heavy atom. The molecule has 3 rings (SSSR count). The second kappa shape index (κ2) is 9.99. The number of thioether (sulfide) groups is 1. The molecule has 2 aromatic carbocycles. The summed E-state index contributed by atoms with van der Waals surface area (Å²) in [6.45, 7) is 1.11. The number of amides is 1. The van der Waals surface area contributed by atoms with Gasteiger partial charge in [-0.25, -0.2) is 4.98 Å². The van der Waals surface area contributed by atoms with Gasteiger partial charge in [-0.1, -0.05) is 18.2 Å². The molecule has 0 atom stereocenters. The van der Waals surface area contributed by atoms with E-state index in [9.17, 15) is 4.79 Å². The molecule has 0 aliphatic carbocycles. The Kier molecular flexibility index (Phi) is 7.10. The number of ether oxygens (including phenoxy) is 1. The Labute approximate surface area is 161 Å². The Morgan fingerprint density at radius 2 is 1.92 bits per heavy atom. The maximum absolute atomic E-state index is 12.2. The van der Waals surface area contributed by atoms with E-state index >= 15 is 0 Å². The van der Waals surface area contributed by atoms with E-state index in [1.807, 2.05) is 35.7 Å². The minimum Gasteiger partial charge on any atom is -0.487 e. The molecule has 1 N–H and O–H groups in total. The summed E-state index contributed by atoms with van der Waals surface area (Å²) in [5.41, 5.74) is 3.33. The second-order valence-electron chi connectivity index (χ2n) is 5.56. The van der Waals surface area contributed by atoms with Crippen molar-refractivity contribution >= 4 is 29.0 Å². The van der Waals surface area contributed by atoms with Gasteiger partial charge in [0.2, 0.25) is 0 Å². The molecule has 134 valence electrons. The van der Waals surface area contributed by atoms with Gasteiger partial charge in [-0.2, -0.15) is 0 Å². The molecule has 3 aromatic rings. The molecule has 0 saturated heterocycles. The number of nitrogens with one attached hydrogen (secondary N) is 1. The van der Waals surface area contributed by atoms with Crippen molar-refractivity contribution in [2.75, 3.05) is 12.3 Å². The number of hydrogen-bond acceptors (Lipinski definition) is 5. The Bertz CT molecular complexity index is 790. The molecule has 0 radical (unpaired) electrons. The minimum atomic E-state index is -0.0548. The lowest BCUT2D eigenvalue weighted by molar-refractivity contribution is 0.0953. The lowest BCUT2D eigenvalue weighted by Gasteiger charge is -2.07. The molecule has 0 aliphatic rings. The molecule has 6 heteroatoms. The number of carbonyl (C=O) groups is 1. The SMILES string of the molecule is O=C(NCCCSc1ccccc1)c1ccc(OCc2cscn2)cc1. The second-order valence-corrected chi connectivity index (χ2v) is 7.45. The molecule has 0 saturated carbocycles. The van der Waals surface area contributed by atoms with Crippen molar-refractivity contribution in [1.29, 1.82) is 0 Å². The fourth-order valence-electron chi connectivity index (χ4n) is 2.25. The summed E-state index contributed by atoms with van der Waals surface area (Å²) in [6.07, 6.45) is 0.931. The van der Waals surface area contributed by atoms with Crippen LogP contribution in [-0.2, 0) is 6.61 Å². The van der Waals surface area contributed by atoms with Crippen LogP contribution in [-0.4, -0.2) is 23.2 Å². The summed E-state index contributed by atoms with van der Waals surface area (Å²) in [5, 5.41) is 4.91. The maximum atomic E-state index is 12.2. The van der Waals surface area contributed by atoms with Gasteiger partial charge in [0.1, 0.15) is 12.4 Å². The largest absolute Gasteiger partial charge is 0.487 e. The third-order valence-electron chi connectivity index (χ3n) is 3.61. The Hall–Kier alpha value is -2.31. The van der Waals surface area contributed by atoms with Gasteiger partial charge in [-0.05, 0) is 48.6 Å². The highest BCUT2D eigenvalue weighted by atomic mass is 32.2. The van der Waals surface area contributed by atoms with E-state index in [4.69, 9.17) is 4.74 Å². The zero-order valence-electron chi connectivity index (χ0n) is 14.3. The van der Waals surface area contributed by atoms with Gasteiger partial charge >= 0.3 is 0 Å². The average Bonchev–Trinajstić information content (AvgIpc) is 3.21. The smallest absolute Gasteiger partial charge is 0.251 e. The van der Waals surface area contributed by atoms with Crippen LogP contribution >= 0.6 is 23.1 Å². The molecule has 0 aliphatic heterocycles. The molecule has 1 aromatic heterocycles. The van der Waals surface area contributed by atoms with Gasteiger partial charge in [-0.3, -0.25) is 4.79 Å². The molecule has 0 unspecified atom stereocenters. The number of thiazole rings is 1. The van der Waals surface area contributed by atoms with Crippen LogP contribution in [0.3, 0.4) is 0 Å². The first-order valence-corrected chi connectivity index (χ1v) is 10.3. The van der Waals surface area contributed by atoms with Gasteiger partial charge in [0, 0.05) is 22.4 Å².